The standard InChI is InChI=1S/C21H22N4O5S/c1-29-13-2-3-15-11(8-13)9-14(20(27)22-15)18-17-19(23-16(26)10-31-18)25(24-21(17)28)12-4-6-30-7-5-12/h2-3,8-9,12,18H,4-7,10H2,1H3,(H,22,27)(H,23,26)(H,24,28)/t18-/m0/s1. The third kappa shape index (κ3) is 3.55. The van der Waals surface area contributed by atoms with Crippen molar-refractivity contribution >= 4 is 34.4 Å². The first kappa shape index (κ1) is 20.0. The summed E-state index contributed by atoms with van der Waals surface area (Å²) in [7, 11) is 1.58. The number of nitrogens with zero attached hydrogens (tertiary/aromatic N) is 1. The minimum absolute atomic E-state index is 0.0217. The second-order valence-corrected chi connectivity index (χ2v) is 8.76. The number of anilines is 1. The molecule has 10 heteroatoms. The molecule has 3 aromatic rings. The second-order valence-electron chi connectivity index (χ2n) is 7.66. The number of carbonyl (C=O) groups excluding carboxylic acids is 1. The van der Waals surface area contributed by atoms with E-state index in [0.29, 0.717) is 41.4 Å². The molecule has 2 aliphatic rings. The molecule has 1 atom stereocenters. The van der Waals surface area contributed by atoms with Crippen LogP contribution in [0.3, 0.4) is 0 Å². The van der Waals surface area contributed by atoms with Gasteiger partial charge in [-0.1, -0.05) is 0 Å². The third-order valence-electron chi connectivity index (χ3n) is 5.78. The molecule has 3 N–H and O–H groups in total. The Hall–Kier alpha value is -2.98. The van der Waals surface area contributed by atoms with E-state index in [1.54, 1.807) is 30.0 Å². The molecule has 5 rings (SSSR count). The van der Waals surface area contributed by atoms with Gasteiger partial charge < -0.3 is 19.8 Å². The molecule has 1 fully saturated rings. The zero-order chi connectivity index (χ0) is 21.5. The van der Waals surface area contributed by atoms with Crippen molar-refractivity contribution in [1.82, 2.24) is 14.8 Å². The van der Waals surface area contributed by atoms with E-state index in [1.807, 2.05) is 6.07 Å². The summed E-state index contributed by atoms with van der Waals surface area (Å²) in [5, 5.41) is 5.98. The fourth-order valence-corrected chi connectivity index (χ4v) is 5.36. The van der Waals surface area contributed by atoms with E-state index < -0.39 is 5.25 Å². The highest BCUT2D eigenvalue weighted by molar-refractivity contribution is 8.00. The van der Waals surface area contributed by atoms with Crippen molar-refractivity contribution in [2.24, 2.45) is 0 Å². The highest BCUT2D eigenvalue weighted by atomic mass is 32.2. The second kappa shape index (κ2) is 7.93. The number of fused-ring (bicyclic) bond motifs is 2. The van der Waals surface area contributed by atoms with Gasteiger partial charge in [-0.25, -0.2) is 0 Å². The van der Waals surface area contributed by atoms with Gasteiger partial charge in [-0.15, -0.1) is 11.8 Å². The molecule has 1 saturated heterocycles. The zero-order valence-corrected chi connectivity index (χ0v) is 17.7. The van der Waals surface area contributed by atoms with Gasteiger partial charge in [0.25, 0.3) is 11.1 Å². The molecular weight excluding hydrogens is 420 g/mol. The Morgan fingerprint density at radius 2 is 1.94 bits per heavy atom. The lowest BCUT2D eigenvalue weighted by Gasteiger charge is -2.25. The third-order valence-corrected chi connectivity index (χ3v) is 7.03. The summed E-state index contributed by atoms with van der Waals surface area (Å²) in [6.07, 6.45) is 1.47. The lowest BCUT2D eigenvalue weighted by atomic mass is 10.0. The van der Waals surface area contributed by atoms with Gasteiger partial charge in [0.2, 0.25) is 5.91 Å². The Balaban J connectivity index is 1.67. The predicted octanol–water partition coefficient (Wildman–Crippen LogP) is 2.15. The maximum atomic E-state index is 13.0. The first-order chi connectivity index (χ1) is 15.0. The average molecular weight is 442 g/mol. The number of aromatic amines is 2. The molecule has 9 nitrogen and oxygen atoms in total. The van der Waals surface area contributed by atoms with Crippen LogP contribution >= 0.6 is 11.8 Å². The molecule has 4 heterocycles. The van der Waals surface area contributed by atoms with Crippen LogP contribution in [0.15, 0.2) is 33.9 Å². The van der Waals surface area contributed by atoms with Crippen molar-refractivity contribution in [3.63, 3.8) is 0 Å². The van der Waals surface area contributed by atoms with Gasteiger partial charge in [-0.2, -0.15) is 0 Å². The van der Waals surface area contributed by atoms with E-state index >= 15 is 0 Å². The van der Waals surface area contributed by atoms with Gasteiger partial charge in [0.05, 0.1) is 29.7 Å². The van der Waals surface area contributed by atoms with Crippen LogP contribution in [0.25, 0.3) is 10.9 Å². The van der Waals surface area contributed by atoms with Crippen LogP contribution in [-0.4, -0.2) is 46.7 Å². The molecule has 0 aliphatic carbocycles. The minimum Gasteiger partial charge on any atom is -0.497 e. The summed E-state index contributed by atoms with van der Waals surface area (Å²) < 4.78 is 12.5. The lowest BCUT2D eigenvalue weighted by molar-refractivity contribution is -0.113. The van der Waals surface area contributed by atoms with Gasteiger partial charge in [0.1, 0.15) is 11.6 Å². The molecule has 0 saturated carbocycles. The summed E-state index contributed by atoms with van der Waals surface area (Å²) in [4.78, 5) is 41.4. The molecule has 2 aromatic heterocycles. The number of amides is 1. The molecule has 2 aliphatic heterocycles. The van der Waals surface area contributed by atoms with E-state index in [9.17, 15) is 14.4 Å². The summed E-state index contributed by atoms with van der Waals surface area (Å²) in [6, 6.07) is 7.19. The van der Waals surface area contributed by atoms with E-state index in [4.69, 9.17) is 9.47 Å². The van der Waals surface area contributed by atoms with Crippen LogP contribution in [-0.2, 0) is 9.53 Å². The van der Waals surface area contributed by atoms with Crippen molar-refractivity contribution < 1.29 is 14.3 Å². The number of benzene rings is 1. The number of thioether (sulfide) groups is 1. The van der Waals surface area contributed by atoms with Crippen molar-refractivity contribution in [2.45, 2.75) is 24.1 Å². The molecule has 1 amide bonds. The van der Waals surface area contributed by atoms with Gasteiger partial charge in [-0.05, 0) is 37.1 Å². The smallest absolute Gasteiger partial charge is 0.270 e. The van der Waals surface area contributed by atoms with E-state index in [2.05, 4.69) is 15.4 Å². The summed E-state index contributed by atoms with van der Waals surface area (Å²) >= 11 is 1.27. The van der Waals surface area contributed by atoms with Gasteiger partial charge >= 0.3 is 0 Å². The van der Waals surface area contributed by atoms with Crippen molar-refractivity contribution in [2.75, 3.05) is 31.4 Å². The maximum Gasteiger partial charge on any atom is 0.270 e. The number of H-pyrrole nitrogens is 2. The Bertz CT molecular complexity index is 1270. The SMILES string of the molecule is COc1ccc2[nH]c(=O)c([C@@H]3SCC(=O)Nc4c3c(=O)[nH]n4C3CCOCC3)cc2c1. The Morgan fingerprint density at radius 1 is 1.13 bits per heavy atom. The average Bonchev–Trinajstić information content (AvgIpc) is 2.99. The van der Waals surface area contributed by atoms with Crippen LogP contribution in [0.2, 0.25) is 0 Å². The number of carbonyl (C=O) groups is 1. The number of methoxy groups -OCH3 is 1. The molecule has 0 spiro atoms. The fourth-order valence-electron chi connectivity index (χ4n) is 4.23. The summed E-state index contributed by atoms with van der Waals surface area (Å²) in [5.41, 5.74) is 0.921. The van der Waals surface area contributed by atoms with Crippen LogP contribution in [0, 0.1) is 0 Å². The first-order valence-corrected chi connectivity index (χ1v) is 11.1. The Labute approximate surface area is 181 Å². The normalized spacial score (nSPS) is 19.6. The molecular formula is C21H22N4O5S. The first-order valence-electron chi connectivity index (χ1n) is 10.1. The van der Waals surface area contributed by atoms with E-state index in [0.717, 1.165) is 18.2 Å². The predicted molar refractivity (Wildman–Crippen MR) is 118 cm³/mol. The topological polar surface area (TPSA) is 118 Å². The fraction of sp³-hybridized carbons (Fsp3) is 0.381. The van der Waals surface area contributed by atoms with Crippen LogP contribution < -0.4 is 21.2 Å². The molecule has 0 unspecified atom stereocenters. The Morgan fingerprint density at radius 3 is 2.71 bits per heavy atom. The minimum atomic E-state index is -0.585. The number of pyridine rings is 1. The van der Waals surface area contributed by atoms with Crippen molar-refractivity contribution in [3.8, 4) is 5.75 Å². The van der Waals surface area contributed by atoms with Crippen LogP contribution in [0.1, 0.15) is 35.3 Å². The quantitative estimate of drug-likeness (QED) is 0.572. The molecule has 0 radical (unpaired) electrons. The molecule has 162 valence electrons. The van der Waals surface area contributed by atoms with Crippen LogP contribution in [0.5, 0.6) is 5.75 Å². The number of aromatic nitrogens is 3. The maximum absolute atomic E-state index is 13.0. The largest absolute Gasteiger partial charge is 0.497 e. The Kier molecular flexibility index (Phi) is 5.11. The monoisotopic (exact) mass is 442 g/mol. The number of nitrogens with one attached hydrogen (secondary N) is 3. The molecule has 0 bridgehead atoms. The van der Waals surface area contributed by atoms with E-state index in [1.165, 1.54) is 11.8 Å². The lowest BCUT2D eigenvalue weighted by Crippen LogP contribution is -2.24. The highest BCUT2D eigenvalue weighted by Gasteiger charge is 2.34. The van der Waals surface area contributed by atoms with Gasteiger partial charge in [0, 0.05) is 29.7 Å². The van der Waals surface area contributed by atoms with Crippen LogP contribution in [0.4, 0.5) is 5.82 Å². The summed E-state index contributed by atoms with van der Waals surface area (Å²) in [5.74, 6) is 1.05. The molecule has 31 heavy (non-hydrogen) atoms. The molecule has 1 aromatic carbocycles. The van der Waals surface area contributed by atoms with Crippen molar-refractivity contribution in [3.05, 3.63) is 56.1 Å². The van der Waals surface area contributed by atoms with E-state index in [-0.39, 0.29) is 28.8 Å². The highest BCUT2D eigenvalue weighted by Crippen LogP contribution is 2.40. The van der Waals surface area contributed by atoms with Gasteiger partial charge in [0.15, 0.2) is 0 Å². The number of rotatable bonds is 3. The number of hydrogen-bond donors (Lipinski definition) is 3. The van der Waals surface area contributed by atoms with Crippen molar-refractivity contribution in [1.29, 1.82) is 0 Å². The number of hydrogen-bond acceptors (Lipinski definition) is 6. The van der Waals surface area contributed by atoms with Gasteiger partial charge in [-0.3, -0.25) is 24.2 Å². The number of ether oxygens (including phenoxy) is 2. The zero-order valence-electron chi connectivity index (χ0n) is 16.9. The summed E-state index contributed by atoms with van der Waals surface area (Å²) in [6.45, 7) is 1.19.